The lowest BCUT2D eigenvalue weighted by atomic mass is 10.2. The van der Waals surface area contributed by atoms with Gasteiger partial charge in [0.2, 0.25) is 10.0 Å². The first-order valence-corrected chi connectivity index (χ1v) is 8.02. The first-order valence-electron chi connectivity index (χ1n) is 5.78. The minimum atomic E-state index is -3.76. The summed E-state index contributed by atoms with van der Waals surface area (Å²) in [6.45, 7) is 1.73. The molecule has 1 aromatic carbocycles. The quantitative estimate of drug-likeness (QED) is 0.934. The fraction of sp³-hybridized carbons (Fsp3) is 0.154. The van der Waals surface area contributed by atoms with Crippen LogP contribution >= 0.6 is 23.2 Å². The summed E-state index contributed by atoms with van der Waals surface area (Å²) in [7, 11) is -3.76. The molecule has 0 saturated carbocycles. The Bertz CT molecular complexity index is 706. The number of aromatic nitrogens is 1. The molecule has 20 heavy (non-hydrogen) atoms. The van der Waals surface area contributed by atoms with Gasteiger partial charge < -0.3 is 0 Å². The van der Waals surface area contributed by atoms with Gasteiger partial charge in [-0.3, -0.25) is 4.98 Å². The molecule has 1 aromatic heterocycles. The third-order valence-corrected chi connectivity index (χ3v) is 5.24. The van der Waals surface area contributed by atoms with E-state index in [2.05, 4.69) is 9.71 Å². The Morgan fingerprint density at radius 2 is 1.95 bits per heavy atom. The summed E-state index contributed by atoms with van der Waals surface area (Å²) in [5, 5.41) is 0.212. The molecule has 1 atom stereocenters. The lowest BCUT2D eigenvalue weighted by Gasteiger charge is -2.15. The highest BCUT2D eigenvalue weighted by atomic mass is 35.5. The van der Waals surface area contributed by atoms with Gasteiger partial charge in [-0.15, -0.1) is 0 Å². The van der Waals surface area contributed by atoms with Crippen molar-refractivity contribution in [2.24, 2.45) is 0 Å². The van der Waals surface area contributed by atoms with Gasteiger partial charge in [-0.1, -0.05) is 35.3 Å². The van der Waals surface area contributed by atoms with E-state index in [4.69, 9.17) is 23.2 Å². The summed E-state index contributed by atoms with van der Waals surface area (Å²) in [6, 6.07) is 7.59. The van der Waals surface area contributed by atoms with Crippen molar-refractivity contribution in [3.05, 3.63) is 58.3 Å². The van der Waals surface area contributed by atoms with Gasteiger partial charge in [0.15, 0.2) is 0 Å². The van der Waals surface area contributed by atoms with E-state index >= 15 is 0 Å². The second kappa shape index (κ2) is 6.10. The average Bonchev–Trinajstić information content (AvgIpc) is 2.42. The summed E-state index contributed by atoms with van der Waals surface area (Å²) in [4.78, 5) is 3.92. The molecule has 0 bridgehead atoms. The molecule has 0 saturated heterocycles. The van der Waals surface area contributed by atoms with Crippen LogP contribution in [0.15, 0.2) is 47.6 Å². The van der Waals surface area contributed by atoms with Crippen LogP contribution in [0.1, 0.15) is 18.5 Å². The minimum absolute atomic E-state index is 0.0139. The maximum atomic E-state index is 12.3. The van der Waals surface area contributed by atoms with Crippen molar-refractivity contribution < 1.29 is 8.42 Å². The van der Waals surface area contributed by atoms with E-state index in [0.29, 0.717) is 0 Å². The van der Waals surface area contributed by atoms with E-state index in [-0.39, 0.29) is 14.9 Å². The number of hydrogen-bond acceptors (Lipinski definition) is 3. The van der Waals surface area contributed by atoms with E-state index in [1.807, 2.05) is 0 Å². The number of sulfonamides is 1. The van der Waals surface area contributed by atoms with Gasteiger partial charge in [0, 0.05) is 18.4 Å². The Balaban J connectivity index is 2.30. The zero-order valence-corrected chi connectivity index (χ0v) is 12.9. The largest absolute Gasteiger partial charge is 0.264 e. The number of nitrogens with one attached hydrogen (secondary N) is 1. The first-order chi connectivity index (χ1) is 9.42. The zero-order chi connectivity index (χ0) is 14.8. The van der Waals surface area contributed by atoms with Crippen molar-refractivity contribution in [3.63, 3.8) is 0 Å². The predicted molar refractivity (Wildman–Crippen MR) is 79.4 cm³/mol. The normalized spacial score (nSPS) is 13.2. The Labute approximate surface area is 127 Å². The van der Waals surface area contributed by atoms with Crippen molar-refractivity contribution in [1.29, 1.82) is 0 Å². The molecule has 0 aliphatic heterocycles. The number of halogens is 2. The molecule has 0 aliphatic rings. The third-order valence-electron chi connectivity index (χ3n) is 2.72. The summed E-state index contributed by atoms with van der Waals surface area (Å²) < 4.78 is 27.2. The maximum Gasteiger partial charge on any atom is 0.242 e. The molecule has 1 N–H and O–H groups in total. The molecule has 1 unspecified atom stereocenters. The average molecular weight is 331 g/mol. The van der Waals surface area contributed by atoms with E-state index in [1.165, 1.54) is 18.2 Å². The van der Waals surface area contributed by atoms with E-state index < -0.39 is 16.1 Å². The van der Waals surface area contributed by atoms with Crippen LogP contribution < -0.4 is 4.72 Å². The Hall–Kier alpha value is -1.14. The summed E-state index contributed by atoms with van der Waals surface area (Å²) in [5.41, 5.74) is 0.759. The smallest absolute Gasteiger partial charge is 0.242 e. The summed E-state index contributed by atoms with van der Waals surface area (Å²) in [5.74, 6) is 0. The molecule has 2 aromatic rings. The Morgan fingerprint density at radius 3 is 2.60 bits per heavy atom. The van der Waals surface area contributed by atoms with Gasteiger partial charge in [-0.05, 0) is 30.7 Å². The number of pyridine rings is 1. The SMILES string of the molecule is CC(NS(=O)(=O)c1cccc(Cl)c1Cl)c1cccnc1. The lowest BCUT2D eigenvalue weighted by Crippen LogP contribution is -2.27. The fourth-order valence-electron chi connectivity index (χ4n) is 1.69. The standard InChI is InChI=1S/C13H12Cl2N2O2S/c1-9(10-4-3-7-16-8-10)17-20(18,19)12-6-2-5-11(14)13(12)15/h2-9,17H,1H3. The minimum Gasteiger partial charge on any atom is -0.264 e. The summed E-state index contributed by atoms with van der Waals surface area (Å²) >= 11 is 11.8. The topological polar surface area (TPSA) is 59.1 Å². The van der Waals surface area contributed by atoms with Crippen LogP contribution in [0.4, 0.5) is 0 Å². The monoisotopic (exact) mass is 330 g/mol. The molecule has 0 fully saturated rings. The number of rotatable bonds is 4. The molecule has 4 nitrogen and oxygen atoms in total. The van der Waals surface area contributed by atoms with Gasteiger partial charge in [0.1, 0.15) is 4.90 Å². The third kappa shape index (κ3) is 3.30. The van der Waals surface area contributed by atoms with Crippen molar-refractivity contribution >= 4 is 33.2 Å². The predicted octanol–water partition coefficient (Wildman–Crippen LogP) is 3.43. The maximum absolute atomic E-state index is 12.3. The van der Waals surface area contributed by atoms with Crippen LogP contribution in [-0.4, -0.2) is 13.4 Å². The van der Waals surface area contributed by atoms with Crippen LogP contribution in [0, 0.1) is 0 Å². The Morgan fingerprint density at radius 1 is 1.20 bits per heavy atom. The van der Waals surface area contributed by atoms with Crippen LogP contribution in [0.5, 0.6) is 0 Å². The highest BCUT2D eigenvalue weighted by molar-refractivity contribution is 7.89. The van der Waals surface area contributed by atoms with Crippen LogP contribution in [-0.2, 0) is 10.0 Å². The van der Waals surface area contributed by atoms with Gasteiger partial charge in [0.05, 0.1) is 10.0 Å². The molecule has 0 radical (unpaired) electrons. The number of benzene rings is 1. The highest BCUT2D eigenvalue weighted by Gasteiger charge is 2.22. The number of nitrogens with zero attached hydrogens (tertiary/aromatic N) is 1. The van der Waals surface area contributed by atoms with Gasteiger partial charge in [-0.25, -0.2) is 13.1 Å². The van der Waals surface area contributed by atoms with E-state index in [9.17, 15) is 8.42 Å². The second-order valence-corrected chi connectivity index (χ2v) is 6.65. The lowest BCUT2D eigenvalue weighted by molar-refractivity contribution is 0.566. The molecular formula is C13H12Cl2N2O2S. The fourth-order valence-corrected chi connectivity index (χ4v) is 3.68. The zero-order valence-electron chi connectivity index (χ0n) is 10.5. The van der Waals surface area contributed by atoms with Crippen molar-refractivity contribution in [1.82, 2.24) is 9.71 Å². The van der Waals surface area contributed by atoms with E-state index in [1.54, 1.807) is 31.5 Å². The van der Waals surface area contributed by atoms with Gasteiger partial charge in [-0.2, -0.15) is 0 Å². The molecule has 106 valence electrons. The molecule has 0 amide bonds. The molecular weight excluding hydrogens is 319 g/mol. The molecule has 7 heteroatoms. The van der Waals surface area contributed by atoms with Crippen molar-refractivity contribution in [3.8, 4) is 0 Å². The molecule has 0 aliphatic carbocycles. The first kappa shape index (κ1) is 15.3. The molecule has 2 rings (SSSR count). The Kier molecular flexibility index (Phi) is 4.65. The van der Waals surface area contributed by atoms with Crippen molar-refractivity contribution in [2.75, 3.05) is 0 Å². The van der Waals surface area contributed by atoms with Crippen LogP contribution in [0.25, 0.3) is 0 Å². The van der Waals surface area contributed by atoms with Crippen LogP contribution in [0.2, 0.25) is 10.0 Å². The molecule has 1 heterocycles. The molecule has 0 spiro atoms. The second-order valence-electron chi connectivity index (χ2n) is 4.18. The van der Waals surface area contributed by atoms with Gasteiger partial charge in [0.25, 0.3) is 0 Å². The van der Waals surface area contributed by atoms with E-state index in [0.717, 1.165) is 5.56 Å². The summed E-state index contributed by atoms with van der Waals surface area (Å²) in [6.07, 6.45) is 3.23. The van der Waals surface area contributed by atoms with Gasteiger partial charge >= 0.3 is 0 Å². The number of hydrogen-bond donors (Lipinski definition) is 1. The highest BCUT2D eigenvalue weighted by Crippen LogP contribution is 2.29. The van der Waals surface area contributed by atoms with Crippen molar-refractivity contribution in [2.45, 2.75) is 17.9 Å². The van der Waals surface area contributed by atoms with Crippen LogP contribution in [0.3, 0.4) is 0 Å².